The van der Waals surface area contributed by atoms with Crippen LogP contribution in [-0.4, -0.2) is 54.9 Å². The normalized spacial score (nSPS) is 18.9. The van der Waals surface area contributed by atoms with Gasteiger partial charge in [0.1, 0.15) is 5.75 Å². The molecule has 0 radical (unpaired) electrons. The molecule has 1 heterocycles. The monoisotopic (exact) mass is 279 g/mol. The smallest absolute Gasteiger partial charge is 0.226 e. The van der Waals surface area contributed by atoms with Gasteiger partial charge in [0.2, 0.25) is 5.91 Å². The number of morpholine rings is 1. The minimum atomic E-state index is -0.226. The molecule has 5 heteroatoms. The van der Waals surface area contributed by atoms with Gasteiger partial charge in [0, 0.05) is 6.54 Å². The number of carbonyl (C=O) groups is 1. The minimum Gasteiger partial charge on any atom is -0.493 e. The van der Waals surface area contributed by atoms with E-state index in [9.17, 15) is 9.90 Å². The summed E-state index contributed by atoms with van der Waals surface area (Å²) in [6.07, 6.45) is 0.310. The summed E-state index contributed by atoms with van der Waals surface area (Å²) in [7, 11) is 0. The van der Waals surface area contributed by atoms with Gasteiger partial charge in [-0.2, -0.15) is 0 Å². The van der Waals surface area contributed by atoms with Crippen LogP contribution in [0, 0.1) is 6.92 Å². The highest BCUT2D eigenvalue weighted by molar-refractivity contribution is 5.76. The Morgan fingerprint density at radius 1 is 1.45 bits per heavy atom. The summed E-state index contributed by atoms with van der Waals surface area (Å²) in [5.74, 6) is 0.767. The molecule has 5 nitrogen and oxygen atoms in total. The van der Waals surface area contributed by atoms with Gasteiger partial charge in [-0.3, -0.25) is 4.79 Å². The van der Waals surface area contributed by atoms with Crippen molar-refractivity contribution in [1.29, 1.82) is 0 Å². The second-order valence-corrected chi connectivity index (χ2v) is 4.91. The maximum Gasteiger partial charge on any atom is 0.226 e. The van der Waals surface area contributed by atoms with Crippen molar-refractivity contribution in [2.75, 3.05) is 33.0 Å². The number of hydrogen-bond donors (Lipinski definition) is 1. The van der Waals surface area contributed by atoms with E-state index in [1.165, 1.54) is 5.56 Å². The fraction of sp³-hybridized carbons (Fsp3) is 0.533. The van der Waals surface area contributed by atoms with E-state index < -0.39 is 0 Å². The molecule has 1 aromatic rings. The van der Waals surface area contributed by atoms with Gasteiger partial charge in [-0.05, 0) is 19.1 Å². The Morgan fingerprint density at radius 2 is 2.20 bits per heavy atom. The number of benzene rings is 1. The van der Waals surface area contributed by atoms with Gasteiger partial charge in [-0.1, -0.05) is 17.7 Å². The lowest BCUT2D eigenvalue weighted by Crippen LogP contribution is -2.50. The zero-order valence-corrected chi connectivity index (χ0v) is 11.7. The van der Waals surface area contributed by atoms with E-state index in [1.807, 2.05) is 31.2 Å². The van der Waals surface area contributed by atoms with Gasteiger partial charge in [-0.15, -0.1) is 0 Å². The van der Waals surface area contributed by atoms with Crippen LogP contribution >= 0.6 is 0 Å². The van der Waals surface area contributed by atoms with Crippen LogP contribution in [0.4, 0.5) is 0 Å². The van der Waals surface area contributed by atoms with Crippen LogP contribution in [0.1, 0.15) is 12.0 Å². The van der Waals surface area contributed by atoms with Gasteiger partial charge in [-0.25, -0.2) is 0 Å². The molecule has 1 amide bonds. The van der Waals surface area contributed by atoms with Crippen molar-refractivity contribution in [2.45, 2.75) is 19.4 Å². The molecule has 20 heavy (non-hydrogen) atoms. The van der Waals surface area contributed by atoms with E-state index in [0.717, 1.165) is 5.75 Å². The summed E-state index contributed by atoms with van der Waals surface area (Å²) in [6, 6.07) is 7.51. The molecule has 1 atom stereocenters. The van der Waals surface area contributed by atoms with E-state index >= 15 is 0 Å². The van der Waals surface area contributed by atoms with Crippen molar-refractivity contribution < 1.29 is 19.4 Å². The zero-order valence-electron chi connectivity index (χ0n) is 11.7. The summed E-state index contributed by atoms with van der Waals surface area (Å²) in [5.41, 5.74) is 1.17. The highest BCUT2D eigenvalue weighted by Crippen LogP contribution is 2.13. The van der Waals surface area contributed by atoms with E-state index in [2.05, 4.69) is 0 Å². The number of ether oxygens (including phenoxy) is 2. The average Bonchev–Trinajstić information content (AvgIpc) is 2.49. The molecular weight excluding hydrogens is 258 g/mol. The molecular formula is C15H21NO4. The minimum absolute atomic E-state index is 0.000498. The zero-order chi connectivity index (χ0) is 14.4. The highest BCUT2D eigenvalue weighted by Gasteiger charge is 2.26. The number of rotatable bonds is 5. The molecule has 1 unspecified atom stereocenters. The second kappa shape index (κ2) is 7.26. The molecule has 110 valence electrons. The number of nitrogens with zero attached hydrogens (tertiary/aromatic N) is 1. The SMILES string of the molecule is Cc1ccc(OCCC(=O)N2CCOCC2CO)cc1. The lowest BCUT2D eigenvalue weighted by molar-refractivity contribution is -0.142. The van der Waals surface area contributed by atoms with Gasteiger partial charge < -0.3 is 19.5 Å². The van der Waals surface area contributed by atoms with Crippen LogP contribution in [0.5, 0.6) is 5.75 Å². The molecule has 1 aliphatic rings. The maximum absolute atomic E-state index is 12.1. The van der Waals surface area contributed by atoms with Crippen molar-refractivity contribution in [3.8, 4) is 5.75 Å². The van der Waals surface area contributed by atoms with Crippen molar-refractivity contribution in [1.82, 2.24) is 4.90 Å². The Morgan fingerprint density at radius 3 is 2.90 bits per heavy atom. The lowest BCUT2D eigenvalue weighted by atomic mass is 10.2. The van der Waals surface area contributed by atoms with Crippen molar-refractivity contribution in [3.63, 3.8) is 0 Å². The maximum atomic E-state index is 12.1. The molecule has 1 N–H and O–H groups in total. The van der Waals surface area contributed by atoms with Crippen LogP contribution in [0.25, 0.3) is 0 Å². The molecule has 0 aromatic heterocycles. The van der Waals surface area contributed by atoms with Gasteiger partial charge >= 0.3 is 0 Å². The fourth-order valence-corrected chi connectivity index (χ4v) is 2.17. The molecule has 1 aliphatic heterocycles. The van der Waals surface area contributed by atoms with Crippen LogP contribution in [0.15, 0.2) is 24.3 Å². The first-order chi connectivity index (χ1) is 9.70. The Kier molecular flexibility index (Phi) is 5.38. The van der Waals surface area contributed by atoms with Gasteiger partial charge in [0.05, 0.1) is 38.9 Å². The molecule has 0 bridgehead atoms. The Balaban J connectivity index is 1.78. The van der Waals surface area contributed by atoms with E-state index in [-0.39, 0.29) is 18.6 Å². The largest absolute Gasteiger partial charge is 0.493 e. The summed E-state index contributed by atoms with van der Waals surface area (Å²) < 4.78 is 10.8. The van der Waals surface area contributed by atoms with Crippen LogP contribution in [0.3, 0.4) is 0 Å². The van der Waals surface area contributed by atoms with Crippen molar-refractivity contribution >= 4 is 5.91 Å². The highest BCUT2D eigenvalue weighted by atomic mass is 16.5. The quantitative estimate of drug-likeness (QED) is 0.873. The molecule has 2 rings (SSSR count). The van der Waals surface area contributed by atoms with Crippen molar-refractivity contribution in [2.24, 2.45) is 0 Å². The predicted molar refractivity (Wildman–Crippen MR) is 74.7 cm³/mol. The summed E-state index contributed by atoms with van der Waals surface area (Å²) in [5, 5.41) is 9.23. The lowest BCUT2D eigenvalue weighted by Gasteiger charge is -2.34. The van der Waals surface area contributed by atoms with E-state index in [1.54, 1.807) is 4.90 Å². The van der Waals surface area contributed by atoms with Gasteiger partial charge in [0.15, 0.2) is 0 Å². The third kappa shape index (κ3) is 3.95. The van der Waals surface area contributed by atoms with Gasteiger partial charge in [0.25, 0.3) is 0 Å². The first kappa shape index (κ1) is 14.8. The number of carbonyl (C=O) groups excluding carboxylic acids is 1. The Labute approximate surface area is 119 Å². The molecule has 0 saturated carbocycles. The molecule has 1 aromatic carbocycles. The first-order valence-corrected chi connectivity index (χ1v) is 6.88. The van der Waals surface area contributed by atoms with E-state index in [0.29, 0.717) is 32.8 Å². The second-order valence-electron chi connectivity index (χ2n) is 4.91. The first-order valence-electron chi connectivity index (χ1n) is 6.88. The molecule has 0 aliphatic carbocycles. The third-order valence-electron chi connectivity index (χ3n) is 3.36. The number of hydrogen-bond acceptors (Lipinski definition) is 4. The topological polar surface area (TPSA) is 59.0 Å². The molecule has 1 saturated heterocycles. The Bertz CT molecular complexity index is 432. The average molecular weight is 279 g/mol. The number of aryl methyl sites for hydroxylation is 1. The van der Waals surface area contributed by atoms with Crippen LogP contribution < -0.4 is 4.74 Å². The van der Waals surface area contributed by atoms with Crippen LogP contribution in [-0.2, 0) is 9.53 Å². The number of aliphatic hydroxyl groups excluding tert-OH is 1. The van der Waals surface area contributed by atoms with E-state index in [4.69, 9.17) is 9.47 Å². The van der Waals surface area contributed by atoms with Crippen LogP contribution in [0.2, 0.25) is 0 Å². The standard InChI is InChI=1S/C15H21NO4/c1-12-2-4-14(5-3-12)20-8-6-15(18)16-7-9-19-11-13(16)10-17/h2-5,13,17H,6-11H2,1H3. The Hall–Kier alpha value is -1.59. The summed E-state index contributed by atoms with van der Waals surface area (Å²) >= 11 is 0. The molecule has 0 spiro atoms. The fourth-order valence-electron chi connectivity index (χ4n) is 2.17. The van der Waals surface area contributed by atoms with Crippen molar-refractivity contribution in [3.05, 3.63) is 29.8 Å². The summed E-state index contributed by atoms with van der Waals surface area (Å²) in [6.45, 7) is 3.76. The summed E-state index contributed by atoms with van der Waals surface area (Å²) in [4.78, 5) is 13.8. The predicted octanol–water partition coefficient (Wildman–Crippen LogP) is 0.984. The third-order valence-corrected chi connectivity index (χ3v) is 3.36. The number of amides is 1. The number of aliphatic hydroxyl groups is 1. The molecule has 1 fully saturated rings.